The van der Waals surface area contributed by atoms with Gasteiger partial charge in [-0.15, -0.1) is 34.0 Å². The summed E-state index contributed by atoms with van der Waals surface area (Å²) in [7, 11) is 0. The Hall–Kier alpha value is -3.64. The molecule has 0 N–H and O–H groups in total. The number of hydrogen-bond acceptors (Lipinski definition) is 4. The Morgan fingerprint density at radius 3 is 1.56 bits per heavy atom. The fourth-order valence-electron chi connectivity index (χ4n) is 9.11. The zero-order valence-corrected chi connectivity index (χ0v) is 40.5. The van der Waals surface area contributed by atoms with Gasteiger partial charge in [-0.25, -0.2) is 0 Å². The Kier molecular flexibility index (Phi) is 17.2. The smallest absolute Gasteiger partial charge is 0.119 e. The summed E-state index contributed by atoms with van der Waals surface area (Å²) < 4.78 is 8.59. The maximum atomic E-state index is 6.09. The van der Waals surface area contributed by atoms with Crippen LogP contribution in [0.3, 0.4) is 0 Å². The minimum absolute atomic E-state index is 0.792. The van der Waals surface area contributed by atoms with E-state index in [1.165, 1.54) is 178 Å². The molecular weight excluding hydrogens is 799 g/mol. The largest absolute Gasteiger partial charge is 0.494 e. The number of aromatic nitrogens is 1. The van der Waals surface area contributed by atoms with Crippen LogP contribution in [0, 0.1) is 0 Å². The molecule has 324 valence electrons. The number of nitrogens with zero attached hydrogens (tertiary/aromatic N) is 1. The monoisotopic (exact) mass is 869 g/mol. The summed E-state index contributed by atoms with van der Waals surface area (Å²) in [5.74, 6) is 0.964. The number of benzene rings is 3. The molecule has 0 unspecified atom stereocenters. The predicted molar refractivity (Wildman–Crippen MR) is 274 cm³/mol. The van der Waals surface area contributed by atoms with Crippen molar-refractivity contribution in [2.75, 3.05) is 6.61 Å². The normalized spacial score (nSPS) is 11.8. The summed E-state index contributed by atoms with van der Waals surface area (Å²) >= 11 is 6.08. The highest BCUT2D eigenvalue weighted by molar-refractivity contribution is 7.27. The number of fused-ring (bicyclic) bond motifs is 3. The van der Waals surface area contributed by atoms with Gasteiger partial charge in [-0.05, 0) is 145 Å². The minimum Gasteiger partial charge on any atom is -0.494 e. The fraction of sp³-hybridized carbons (Fsp3) is 0.464. The summed E-state index contributed by atoms with van der Waals surface area (Å²) in [4.78, 5) is 7.44. The molecule has 0 saturated carbocycles. The van der Waals surface area contributed by atoms with E-state index >= 15 is 0 Å². The first-order valence-electron chi connectivity index (χ1n) is 24.2. The average Bonchev–Trinajstić information content (AvgIpc) is 4.09. The van der Waals surface area contributed by atoms with E-state index in [1.807, 2.05) is 11.3 Å². The van der Waals surface area contributed by atoms with Crippen LogP contribution in [0.4, 0.5) is 0 Å². The highest BCUT2D eigenvalue weighted by Gasteiger charge is 2.21. The Morgan fingerprint density at radius 2 is 0.951 bits per heavy atom. The molecule has 4 aromatic heterocycles. The summed E-state index contributed by atoms with van der Waals surface area (Å²) in [6, 6.07) is 30.8. The fourth-order valence-corrected chi connectivity index (χ4v) is 12.8. The van der Waals surface area contributed by atoms with Gasteiger partial charge in [0.05, 0.1) is 6.61 Å². The lowest BCUT2D eigenvalue weighted by Gasteiger charge is -2.08. The Labute approximate surface area is 380 Å². The van der Waals surface area contributed by atoms with Crippen molar-refractivity contribution in [1.82, 2.24) is 4.57 Å². The van der Waals surface area contributed by atoms with E-state index in [-0.39, 0.29) is 0 Å². The number of unbranched alkanes of at least 4 members (excludes halogenated alkanes) is 12. The zero-order chi connectivity index (χ0) is 42.4. The van der Waals surface area contributed by atoms with Gasteiger partial charge in [0.25, 0.3) is 0 Å². The van der Waals surface area contributed by atoms with Crippen molar-refractivity contribution < 1.29 is 4.74 Å². The summed E-state index contributed by atoms with van der Waals surface area (Å²) in [6.45, 7) is 13.2. The van der Waals surface area contributed by atoms with Crippen molar-refractivity contribution in [3.63, 3.8) is 0 Å². The lowest BCUT2D eigenvalue weighted by molar-refractivity contribution is 0.305. The molecule has 0 radical (unpaired) electrons. The minimum atomic E-state index is 0.792. The van der Waals surface area contributed by atoms with Crippen molar-refractivity contribution >= 4 is 55.8 Å². The van der Waals surface area contributed by atoms with Crippen molar-refractivity contribution in [3.8, 4) is 46.8 Å². The number of aryl methyl sites for hydroxylation is 4. The number of hydrogen-bond donors (Lipinski definition) is 0. The van der Waals surface area contributed by atoms with Crippen LogP contribution in [-0.2, 0) is 25.8 Å². The standard InChI is InChI=1S/C56H71NOS3/c1-6-11-15-19-23-42-34-36-59-55(42)52-40-45(25-21-17-13-8-3)56(61-52)53-39-44(24-20-16-12-7-2)54(60-53)46-29-33-51-49(38-46)48-37-43(28-32-50(48)57(51)10-5)41-26-30-47(31-27-41)58-35-22-18-14-9-4/h26-34,36-40H,6-25,35H2,1-5H3. The lowest BCUT2D eigenvalue weighted by atomic mass is 10.00. The first-order chi connectivity index (χ1) is 30.1. The molecule has 2 nitrogen and oxygen atoms in total. The molecule has 61 heavy (non-hydrogen) atoms. The average molecular weight is 870 g/mol. The van der Waals surface area contributed by atoms with Crippen LogP contribution in [0.15, 0.2) is 84.2 Å². The van der Waals surface area contributed by atoms with Gasteiger partial charge in [0, 0.05) is 52.7 Å². The zero-order valence-electron chi connectivity index (χ0n) is 38.0. The van der Waals surface area contributed by atoms with Crippen molar-refractivity contribution in [3.05, 3.63) is 101 Å². The van der Waals surface area contributed by atoms with Gasteiger partial charge in [0.2, 0.25) is 0 Å². The number of rotatable bonds is 26. The van der Waals surface area contributed by atoms with Crippen molar-refractivity contribution in [2.24, 2.45) is 0 Å². The predicted octanol–water partition coefficient (Wildman–Crippen LogP) is 19.0. The molecular formula is C56H71NOS3. The van der Waals surface area contributed by atoms with Crippen LogP contribution in [0.1, 0.15) is 154 Å². The quantitative estimate of drug-likeness (QED) is 0.0495. The third-order valence-corrected chi connectivity index (χ3v) is 16.3. The molecule has 0 atom stereocenters. The molecule has 0 aliphatic carbocycles. The van der Waals surface area contributed by atoms with Gasteiger partial charge in [0.15, 0.2) is 0 Å². The van der Waals surface area contributed by atoms with Crippen LogP contribution in [-0.4, -0.2) is 11.2 Å². The first-order valence-corrected chi connectivity index (χ1v) is 26.7. The molecule has 7 rings (SSSR count). The Bertz CT molecular complexity index is 2400. The highest BCUT2D eigenvalue weighted by Crippen LogP contribution is 2.48. The molecule has 0 bridgehead atoms. The molecule has 0 fully saturated rings. The van der Waals surface area contributed by atoms with Crippen LogP contribution >= 0.6 is 34.0 Å². The van der Waals surface area contributed by atoms with E-state index < -0.39 is 0 Å². The first kappa shape index (κ1) is 45.4. The maximum absolute atomic E-state index is 6.09. The second-order valence-electron chi connectivity index (χ2n) is 17.3. The lowest BCUT2D eigenvalue weighted by Crippen LogP contribution is -1.97. The second kappa shape index (κ2) is 23.2. The van der Waals surface area contributed by atoms with Gasteiger partial charge in [-0.1, -0.05) is 129 Å². The van der Waals surface area contributed by atoms with Crippen molar-refractivity contribution in [2.45, 2.75) is 163 Å². The van der Waals surface area contributed by atoms with Crippen LogP contribution < -0.4 is 4.74 Å². The van der Waals surface area contributed by atoms with Crippen LogP contribution in [0.5, 0.6) is 5.75 Å². The second-order valence-corrected chi connectivity index (χ2v) is 20.3. The molecule has 0 aliphatic heterocycles. The van der Waals surface area contributed by atoms with Gasteiger partial charge in [-0.3, -0.25) is 0 Å². The topological polar surface area (TPSA) is 14.2 Å². The van der Waals surface area contributed by atoms with Crippen molar-refractivity contribution in [1.29, 1.82) is 0 Å². The molecule has 0 aliphatic rings. The Morgan fingerprint density at radius 1 is 0.443 bits per heavy atom. The third-order valence-electron chi connectivity index (χ3n) is 12.6. The van der Waals surface area contributed by atoms with Crippen LogP contribution in [0.25, 0.3) is 62.9 Å². The van der Waals surface area contributed by atoms with Gasteiger partial charge >= 0.3 is 0 Å². The highest BCUT2D eigenvalue weighted by atomic mass is 32.1. The van der Waals surface area contributed by atoms with E-state index in [4.69, 9.17) is 4.74 Å². The summed E-state index contributed by atoms with van der Waals surface area (Å²) in [5, 5.41) is 5.03. The third kappa shape index (κ3) is 11.3. The van der Waals surface area contributed by atoms with E-state index in [0.29, 0.717) is 0 Å². The molecule has 0 spiro atoms. The SMILES string of the molecule is CCCCCCOc1ccc(-c2ccc3c(c2)c2cc(-c4sc(-c5sc(-c6sccc6CCCCCC)cc5CCCCCC)cc4CCCCCC)ccc2n3CC)cc1. The van der Waals surface area contributed by atoms with E-state index in [1.54, 1.807) is 11.1 Å². The van der Waals surface area contributed by atoms with E-state index in [9.17, 15) is 0 Å². The summed E-state index contributed by atoms with van der Waals surface area (Å²) in [5.41, 5.74) is 11.1. The summed E-state index contributed by atoms with van der Waals surface area (Å²) in [6.07, 6.45) is 23.9. The molecule has 3 aromatic carbocycles. The van der Waals surface area contributed by atoms with E-state index in [2.05, 4.69) is 146 Å². The molecule has 0 saturated heterocycles. The molecule has 4 heterocycles. The number of ether oxygens (including phenoxy) is 1. The molecule has 5 heteroatoms. The number of thiophene rings is 3. The maximum Gasteiger partial charge on any atom is 0.119 e. The van der Waals surface area contributed by atoms with Gasteiger partial charge < -0.3 is 9.30 Å². The Balaban J connectivity index is 1.25. The van der Waals surface area contributed by atoms with Gasteiger partial charge in [-0.2, -0.15) is 0 Å². The van der Waals surface area contributed by atoms with Gasteiger partial charge in [0.1, 0.15) is 5.75 Å². The van der Waals surface area contributed by atoms with E-state index in [0.717, 1.165) is 31.7 Å². The molecule has 0 amide bonds. The molecule has 7 aromatic rings. The van der Waals surface area contributed by atoms with Crippen LogP contribution in [0.2, 0.25) is 0 Å².